The number of thioether (sulfide) groups is 1. The van der Waals surface area contributed by atoms with Crippen LogP contribution >= 0.6 is 23.4 Å². The third-order valence-corrected chi connectivity index (χ3v) is 5.62. The topological polar surface area (TPSA) is 93.0 Å². The number of para-hydroxylation sites is 1. The maximum absolute atomic E-state index is 11.9. The highest BCUT2D eigenvalue weighted by Gasteiger charge is 2.17. The highest BCUT2D eigenvalue weighted by Crippen LogP contribution is 2.33. The third kappa shape index (κ3) is 3.92. The Balaban J connectivity index is 1.68. The van der Waals surface area contributed by atoms with Crippen molar-refractivity contribution >= 4 is 46.3 Å². The van der Waals surface area contributed by atoms with Crippen molar-refractivity contribution in [2.45, 2.75) is 5.16 Å². The fraction of sp³-hybridized carbons (Fsp3) is 0.0952. The van der Waals surface area contributed by atoms with Crippen LogP contribution in [0.15, 0.2) is 58.7 Å². The lowest BCUT2D eigenvalue weighted by Crippen LogP contribution is -1.97. The summed E-state index contributed by atoms with van der Waals surface area (Å²) in [5, 5.41) is 18.5. The molecular weight excluding hydrogens is 424 g/mol. The zero-order chi connectivity index (χ0) is 21.3. The quantitative estimate of drug-likeness (QED) is 0.329. The van der Waals surface area contributed by atoms with Crippen molar-refractivity contribution in [1.29, 1.82) is 0 Å². The van der Waals surface area contributed by atoms with Crippen LogP contribution in [-0.4, -0.2) is 37.9 Å². The molecule has 2 aromatic heterocycles. The van der Waals surface area contributed by atoms with Gasteiger partial charge in [0, 0.05) is 34.7 Å². The number of aromatic nitrogens is 4. The maximum Gasteiger partial charge on any atom is 0.342 e. The van der Waals surface area contributed by atoms with Crippen LogP contribution < -0.4 is 4.74 Å². The van der Waals surface area contributed by atoms with Gasteiger partial charge in [0.25, 0.3) is 0 Å². The Morgan fingerprint density at radius 2 is 2.10 bits per heavy atom. The standard InChI is InChI=1S/C21H17ClN4O3S/c1-26-11-12(14-5-3-4-6-16(14)26)9-18(20(27)28)30-21-23-19(24-25-21)15-10-13(22)7-8-17(15)29-2/h3-11H,1-2H3,(H,27,28)(H,23,24,25)/b18-9-. The zero-order valence-electron chi connectivity index (χ0n) is 16.1. The van der Waals surface area contributed by atoms with Crippen molar-refractivity contribution in [3.63, 3.8) is 0 Å². The van der Waals surface area contributed by atoms with Crippen molar-refractivity contribution in [3.8, 4) is 17.1 Å². The van der Waals surface area contributed by atoms with Crippen molar-refractivity contribution < 1.29 is 14.6 Å². The number of carboxylic acid groups (broad SMARTS) is 1. The van der Waals surface area contributed by atoms with Gasteiger partial charge in [-0.3, -0.25) is 5.10 Å². The van der Waals surface area contributed by atoms with Gasteiger partial charge in [0.1, 0.15) is 10.7 Å². The van der Waals surface area contributed by atoms with Gasteiger partial charge >= 0.3 is 5.97 Å². The monoisotopic (exact) mass is 440 g/mol. The number of hydrogen-bond acceptors (Lipinski definition) is 5. The molecule has 0 amide bonds. The Morgan fingerprint density at radius 1 is 1.30 bits per heavy atom. The SMILES string of the molecule is COc1ccc(Cl)cc1-c1nc(S/C(=C\c2cn(C)c3ccccc23)C(=O)O)n[nH]1. The molecule has 4 aromatic rings. The molecule has 0 aliphatic carbocycles. The van der Waals surface area contributed by atoms with E-state index in [9.17, 15) is 9.90 Å². The molecule has 0 saturated carbocycles. The highest BCUT2D eigenvalue weighted by molar-refractivity contribution is 8.04. The van der Waals surface area contributed by atoms with E-state index in [1.54, 1.807) is 31.4 Å². The van der Waals surface area contributed by atoms with Crippen LogP contribution in [0.5, 0.6) is 5.75 Å². The maximum atomic E-state index is 11.9. The number of rotatable bonds is 6. The van der Waals surface area contributed by atoms with E-state index in [0.29, 0.717) is 22.2 Å². The average Bonchev–Trinajstić information content (AvgIpc) is 3.32. The number of nitrogens with one attached hydrogen (secondary N) is 1. The van der Waals surface area contributed by atoms with Crippen LogP contribution in [0.2, 0.25) is 5.02 Å². The van der Waals surface area contributed by atoms with Gasteiger partial charge in [-0.15, -0.1) is 5.10 Å². The molecule has 0 spiro atoms. The lowest BCUT2D eigenvalue weighted by molar-refractivity contribution is -0.131. The molecule has 0 unspecified atom stereocenters. The summed E-state index contributed by atoms with van der Waals surface area (Å²) in [5.41, 5.74) is 2.47. The van der Waals surface area contributed by atoms with Crippen LogP contribution in [0, 0.1) is 0 Å². The molecule has 0 aliphatic heterocycles. The number of halogens is 1. The molecular formula is C21H17ClN4O3S. The van der Waals surface area contributed by atoms with E-state index in [1.165, 1.54) is 0 Å². The molecule has 0 radical (unpaired) electrons. The van der Waals surface area contributed by atoms with Gasteiger partial charge in [0.2, 0.25) is 5.16 Å². The molecule has 0 fully saturated rings. The summed E-state index contributed by atoms with van der Waals surface area (Å²) in [7, 11) is 3.47. The zero-order valence-corrected chi connectivity index (χ0v) is 17.7. The van der Waals surface area contributed by atoms with E-state index >= 15 is 0 Å². The molecule has 152 valence electrons. The summed E-state index contributed by atoms with van der Waals surface area (Å²) >= 11 is 7.05. The number of aryl methyl sites for hydroxylation is 1. The Kier molecular flexibility index (Phi) is 5.52. The summed E-state index contributed by atoms with van der Waals surface area (Å²) < 4.78 is 7.30. The molecule has 0 atom stereocenters. The molecule has 9 heteroatoms. The summed E-state index contributed by atoms with van der Waals surface area (Å²) in [5.74, 6) is -0.0387. The number of carbonyl (C=O) groups is 1. The number of benzene rings is 2. The van der Waals surface area contributed by atoms with Crippen molar-refractivity contribution in [3.05, 3.63) is 64.2 Å². The van der Waals surface area contributed by atoms with E-state index in [2.05, 4.69) is 15.2 Å². The van der Waals surface area contributed by atoms with E-state index in [-0.39, 0.29) is 10.1 Å². The number of H-pyrrole nitrogens is 1. The predicted octanol–water partition coefficient (Wildman–Crippen LogP) is 4.84. The molecule has 0 aliphatic rings. The summed E-state index contributed by atoms with van der Waals surface area (Å²) in [6.07, 6.45) is 3.53. The first-order chi connectivity index (χ1) is 14.5. The number of hydrogen-bond donors (Lipinski definition) is 2. The average molecular weight is 441 g/mol. The normalized spacial score (nSPS) is 11.8. The Hall–Kier alpha value is -3.23. The van der Waals surface area contributed by atoms with Crippen molar-refractivity contribution in [2.75, 3.05) is 7.11 Å². The number of aromatic amines is 1. The third-order valence-electron chi connectivity index (χ3n) is 4.51. The number of carboxylic acids is 1. The van der Waals surface area contributed by atoms with Crippen molar-refractivity contribution in [2.24, 2.45) is 7.05 Å². The molecule has 30 heavy (non-hydrogen) atoms. The fourth-order valence-corrected chi connectivity index (χ4v) is 4.01. The van der Waals surface area contributed by atoms with Crippen molar-refractivity contribution in [1.82, 2.24) is 19.7 Å². The van der Waals surface area contributed by atoms with Gasteiger partial charge in [-0.05, 0) is 42.1 Å². The van der Waals surface area contributed by atoms with E-state index in [4.69, 9.17) is 16.3 Å². The summed E-state index contributed by atoms with van der Waals surface area (Å²) in [6.45, 7) is 0. The minimum absolute atomic E-state index is 0.106. The molecule has 7 nitrogen and oxygen atoms in total. The van der Waals surface area contributed by atoms with Crippen LogP contribution in [0.25, 0.3) is 28.4 Å². The molecule has 2 aromatic carbocycles. The van der Waals surface area contributed by atoms with Crippen LogP contribution in [-0.2, 0) is 11.8 Å². The van der Waals surface area contributed by atoms with Crippen LogP contribution in [0.3, 0.4) is 0 Å². The Labute approximate surface area is 181 Å². The summed E-state index contributed by atoms with van der Waals surface area (Å²) in [4.78, 5) is 16.4. The minimum Gasteiger partial charge on any atom is -0.496 e. The number of fused-ring (bicyclic) bond motifs is 1. The molecule has 2 N–H and O–H groups in total. The van der Waals surface area contributed by atoms with Gasteiger partial charge in [-0.1, -0.05) is 29.8 Å². The second-order valence-corrected chi connectivity index (χ2v) is 7.89. The van der Waals surface area contributed by atoms with Gasteiger partial charge in [0.15, 0.2) is 5.82 Å². The molecule has 2 heterocycles. The minimum atomic E-state index is -1.06. The fourth-order valence-electron chi connectivity index (χ4n) is 3.14. The van der Waals surface area contributed by atoms with E-state index in [1.807, 2.05) is 42.1 Å². The highest BCUT2D eigenvalue weighted by atomic mass is 35.5. The van der Waals surface area contributed by atoms with Gasteiger partial charge < -0.3 is 14.4 Å². The lowest BCUT2D eigenvalue weighted by Gasteiger charge is -2.05. The molecule has 4 rings (SSSR count). The van der Waals surface area contributed by atoms with Gasteiger partial charge in [-0.2, -0.15) is 0 Å². The second kappa shape index (κ2) is 8.25. The first-order valence-electron chi connectivity index (χ1n) is 8.89. The largest absolute Gasteiger partial charge is 0.496 e. The van der Waals surface area contributed by atoms with Crippen LogP contribution in [0.4, 0.5) is 0 Å². The number of ether oxygens (including phenoxy) is 1. The second-order valence-electron chi connectivity index (χ2n) is 6.44. The van der Waals surface area contributed by atoms with Gasteiger partial charge in [-0.25, -0.2) is 9.78 Å². The number of methoxy groups -OCH3 is 1. The number of aliphatic carboxylic acids is 1. The van der Waals surface area contributed by atoms with Crippen LogP contribution in [0.1, 0.15) is 5.56 Å². The Bertz CT molecular complexity index is 1280. The Morgan fingerprint density at radius 3 is 2.87 bits per heavy atom. The smallest absolute Gasteiger partial charge is 0.342 e. The lowest BCUT2D eigenvalue weighted by atomic mass is 10.1. The van der Waals surface area contributed by atoms with Gasteiger partial charge in [0.05, 0.1) is 12.7 Å². The first kappa shape index (κ1) is 20.1. The molecule has 0 saturated heterocycles. The summed E-state index contributed by atoms with van der Waals surface area (Å²) in [6, 6.07) is 13.0. The predicted molar refractivity (Wildman–Crippen MR) is 118 cm³/mol. The molecule has 0 bridgehead atoms. The first-order valence-corrected chi connectivity index (χ1v) is 10.1. The number of nitrogens with zero attached hydrogens (tertiary/aromatic N) is 3. The van der Waals surface area contributed by atoms with E-state index in [0.717, 1.165) is 28.2 Å². The van der Waals surface area contributed by atoms with E-state index < -0.39 is 5.97 Å².